The van der Waals surface area contributed by atoms with E-state index in [0.717, 1.165) is 11.4 Å². The number of nitrogens with zero attached hydrogens (tertiary/aromatic N) is 2. The number of rotatable bonds is 3. The number of aromatic nitrogens is 3. The van der Waals surface area contributed by atoms with Crippen LogP contribution in [-0.4, -0.2) is 20.3 Å². The predicted molar refractivity (Wildman–Crippen MR) is 65.5 cm³/mol. The first-order valence-corrected chi connectivity index (χ1v) is 5.34. The Hall–Kier alpha value is -2.76. The first-order valence-electron chi connectivity index (χ1n) is 5.34. The highest BCUT2D eigenvalue weighted by Gasteiger charge is 2.08. The summed E-state index contributed by atoms with van der Waals surface area (Å²) in [5.74, 6) is 0.624. The lowest BCUT2D eigenvalue weighted by Crippen LogP contribution is -1.89. The predicted octanol–water partition coefficient (Wildman–Crippen LogP) is 2.51. The van der Waals surface area contributed by atoms with E-state index in [2.05, 4.69) is 20.5 Å². The molecule has 3 aromatic rings. The van der Waals surface area contributed by atoms with Gasteiger partial charge in [-0.15, -0.1) is 5.10 Å². The van der Waals surface area contributed by atoms with E-state index >= 15 is 0 Å². The molecule has 0 fully saturated rings. The number of phenolic OH excluding ortho intramolecular Hbond substituents is 1. The SMILES string of the molecule is Oc1ccc(Nc2nnc(-c3ccc[nH]3)o2)cc1. The fourth-order valence-corrected chi connectivity index (χ4v) is 1.51. The molecule has 0 aliphatic carbocycles. The normalized spacial score (nSPS) is 10.4. The zero-order valence-electron chi connectivity index (χ0n) is 9.29. The highest BCUT2D eigenvalue weighted by atomic mass is 16.4. The molecule has 0 atom stereocenters. The van der Waals surface area contributed by atoms with Crippen LogP contribution in [0.2, 0.25) is 0 Å². The molecule has 0 saturated carbocycles. The summed E-state index contributed by atoms with van der Waals surface area (Å²) in [6.07, 6.45) is 1.78. The summed E-state index contributed by atoms with van der Waals surface area (Å²) in [5.41, 5.74) is 1.52. The van der Waals surface area contributed by atoms with Crippen LogP contribution in [0.5, 0.6) is 5.75 Å². The van der Waals surface area contributed by atoms with E-state index in [1.807, 2.05) is 12.1 Å². The summed E-state index contributed by atoms with van der Waals surface area (Å²) in [5, 5.41) is 19.9. The van der Waals surface area contributed by atoms with Crippen LogP contribution in [0.25, 0.3) is 11.6 Å². The van der Waals surface area contributed by atoms with Crippen molar-refractivity contribution < 1.29 is 9.52 Å². The minimum Gasteiger partial charge on any atom is -0.508 e. The summed E-state index contributed by atoms with van der Waals surface area (Å²) < 4.78 is 5.44. The molecule has 0 unspecified atom stereocenters. The quantitative estimate of drug-likeness (QED) is 0.614. The maximum Gasteiger partial charge on any atom is 0.320 e. The fourth-order valence-electron chi connectivity index (χ4n) is 1.51. The number of aromatic amines is 1. The first-order chi connectivity index (χ1) is 8.81. The summed E-state index contributed by atoms with van der Waals surface area (Å²) in [7, 11) is 0. The average molecular weight is 242 g/mol. The molecule has 0 spiro atoms. The van der Waals surface area contributed by atoms with Gasteiger partial charge in [-0.05, 0) is 36.4 Å². The van der Waals surface area contributed by atoms with Crippen molar-refractivity contribution in [3.8, 4) is 17.3 Å². The van der Waals surface area contributed by atoms with Crippen LogP contribution >= 0.6 is 0 Å². The Morgan fingerprint density at radius 2 is 1.94 bits per heavy atom. The molecule has 2 heterocycles. The number of hydrogen-bond donors (Lipinski definition) is 3. The molecule has 18 heavy (non-hydrogen) atoms. The maximum absolute atomic E-state index is 9.17. The molecule has 3 N–H and O–H groups in total. The van der Waals surface area contributed by atoms with Gasteiger partial charge in [-0.3, -0.25) is 0 Å². The molecule has 6 heteroatoms. The molecule has 90 valence electrons. The number of hydrogen-bond acceptors (Lipinski definition) is 5. The second kappa shape index (κ2) is 4.25. The number of benzene rings is 1. The van der Waals surface area contributed by atoms with E-state index in [-0.39, 0.29) is 5.75 Å². The van der Waals surface area contributed by atoms with E-state index in [4.69, 9.17) is 9.52 Å². The second-order valence-electron chi connectivity index (χ2n) is 3.67. The third-order valence-corrected chi connectivity index (χ3v) is 2.37. The third kappa shape index (κ3) is 2.03. The van der Waals surface area contributed by atoms with E-state index in [1.54, 1.807) is 30.5 Å². The first kappa shape index (κ1) is 10.4. The lowest BCUT2D eigenvalue weighted by Gasteiger charge is -2.00. The molecular weight excluding hydrogens is 232 g/mol. The molecule has 6 nitrogen and oxygen atoms in total. The lowest BCUT2D eigenvalue weighted by atomic mass is 10.3. The number of nitrogens with one attached hydrogen (secondary N) is 2. The van der Waals surface area contributed by atoms with Gasteiger partial charge >= 0.3 is 6.01 Å². The third-order valence-electron chi connectivity index (χ3n) is 2.37. The summed E-state index contributed by atoms with van der Waals surface area (Å²) in [6, 6.07) is 10.6. The number of H-pyrrole nitrogens is 1. The minimum atomic E-state index is 0.207. The zero-order valence-corrected chi connectivity index (χ0v) is 9.29. The molecule has 0 saturated heterocycles. The molecule has 0 aliphatic heterocycles. The standard InChI is InChI=1S/C12H10N4O2/c17-9-5-3-8(4-6-9)14-12-16-15-11(18-12)10-2-1-7-13-10/h1-7,13,17H,(H,14,16). The van der Waals surface area contributed by atoms with Gasteiger partial charge < -0.3 is 19.8 Å². The Kier molecular flexibility index (Phi) is 2.45. The summed E-state index contributed by atoms with van der Waals surface area (Å²) in [4.78, 5) is 2.98. The van der Waals surface area contributed by atoms with Gasteiger partial charge in [0.25, 0.3) is 5.89 Å². The molecule has 0 bridgehead atoms. The van der Waals surface area contributed by atoms with Gasteiger partial charge in [-0.1, -0.05) is 5.10 Å². The van der Waals surface area contributed by atoms with Crippen molar-refractivity contribution in [2.24, 2.45) is 0 Å². The van der Waals surface area contributed by atoms with Crippen molar-refractivity contribution in [3.63, 3.8) is 0 Å². The van der Waals surface area contributed by atoms with Crippen LogP contribution in [0.3, 0.4) is 0 Å². The molecule has 0 aliphatic rings. The topological polar surface area (TPSA) is 87.0 Å². The van der Waals surface area contributed by atoms with E-state index in [1.165, 1.54) is 0 Å². The molecule has 1 aromatic carbocycles. The summed E-state index contributed by atoms with van der Waals surface area (Å²) >= 11 is 0. The maximum atomic E-state index is 9.17. The Labute approximate surface area is 102 Å². The largest absolute Gasteiger partial charge is 0.508 e. The van der Waals surface area contributed by atoms with Crippen LogP contribution in [-0.2, 0) is 0 Å². The van der Waals surface area contributed by atoms with Crippen LogP contribution < -0.4 is 5.32 Å². The molecule has 2 aromatic heterocycles. The van der Waals surface area contributed by atoms with Crippen LogP contribution in [0.15, 0.2) is 47.0 Å². The molecular formula is C12H10N4O2. The van der Waals surface area contributed by atoms with Gasteiger partial charge in [0.05, 0.1) is 0 Å². The van der Waals surface area contributed by atoms with E-state index in [9.17, 15) is 0 Å². The fraction of sp³-hybridized carbons (Fsp3) is 0. The van der Waals surface area contributed by atoms with Crippen molar-refractivity contribution in [1.29, 1.82) is 0 Å². The number of anilines is 2. The Morgan fingerprint density at radius 3 is 2.67 bits per heavy atom. The average Bonchev–Trinajstić information content (AvgIpc) is 3.02. The van der Waals surface area contributed by atoms with Gasteiger partial charge in [0.15, 0.2) is 0 Å². The highest BCUT2D eigenvalue weighted by Crippen LogP contribution is 2.21. The van der Waals surface area contributed by atoms with Crippen LogP contribution in [0.4, 0.5) is 11.7 Å². The Bertz CT molecular complexity index is 628. The molecule has 3 rings (SSSR count). The number of aromatic hydroxyl groups is 1. The Morgan fingerprint density at radius 1 is 1.11 bits per heavy atom. The molecule has 0 radical (unpaired) electrons. The minimum absolute atomic E-state index is 0.207. The zero-order chi connectivity index (χ0) is 12.4. The Balaban J connectivity index is 1.80. The van der Waals surface area contributed by atoms with Crippen molar-refractivity contribution in [2.75, 3.05) is 5.32 Å². The van der Waals surface area contributed by atoms with Crippen molar-refractivity contribution >= 4 is 11.7 Å². The van der Waals surface area contributed by atoms with Gasteiger partial charge in [0, 0.05) is 11.9 Å². The smallest absolute Gasteiger partial charge is 0.320 e. The monoisotopic (exact) mass is 242 g/mol. The number of phenols is 1. The van der Waals surface area contributed by atoms with E-state index < -0.39 is 0 Å². The highest BCUT2D eigenvalue weighted by molar-refractivity contribution is 5.55. The second-order valence-corrected chi connectivity index (χ2v) is 3.67. The van der Waals surface area contributed by atoms with Crippen molar-refractivity contribution in [3.05, 3.63) is 42.6 Å². The van der Waals surface area contributed by atoms with Gasteiger partial charge in [0.2, 0.25) is 0 Å². The molecule has 0 amide bonds. The van der Waals surface area contributed by atoms with Crippen LogP contribution in [0.1, 0.15) is 0 Å². The lowest BCUT2D eigenvalue weighted by molar-refractivity contribution is 0.475. The van der Waals surface area contributed by atoms with Crippen molar-refractivity contribution in [2.45, 2.75) is 0 Å². The van der Waals surface area contributed by atoms with Gasteiger partial charge in [-0.25, -0.2) is 0 Å². The van der Waals surface area contributed by atoms with Crippen molar-refractivity contribution in [1.82, 2.24) is 15.2 Å². The van der Waals surface area contributed by atoms with Gasteiger partial charge in [0.1, 0.15) is 11.4 Å². The summed E-state index contributed by atoms with van der Waals surface area (Å²) in [6.45, 7) is 0. The van der Waals surface area contributed by atoms with Gasteiger partial charge in [-0.2, -0.15) is 0 Å². The van der Waals surface area contributed by atoms with E-state index in [0.29, 0.717) is 11.9 Å². The van der Waals surface area contributed by atoms with Crippen LogP contribution in [0, 0.1) is 0 Å².